The van der Waals surface area contributed by atoms with Gasteiger partial charge in [0.15, 0.2) is 6.61 Å². The summed E-state index contributed by atoms with van der Waals surface area (Å²) in [6.07, 6.45) is 0.694. The summed E-state index contributed by atoms with van der Waals surface area (Å²) in [5, 5.41) is 2.75. The van der Waals surface area contributed by atoms with E-state index in [0.717, 1.165) is 11.3 Å². The molecule has 0 unspecified atom stereocenters. The Balaban J connectivity index is 1.76. The summed E-state index contributed by atoms with van der Waals surface area (Å²) in [4.78, 5) is 24.0. The molecule has 1 N–H and O–H groups in total. The summed E-state index contributed by atoms with van der Waals surface area (Å²) in [5.41, 5.74) is 1.54. The summed E-state index contributed by atoms with van der Waals surface area (Å²) >= 11 is 0. The number of amides is 1. The zero-order valence-corrected chi connectivity index (χ0v) is 17.5. The standard InChI is InChI=1S/C23H29NO5/c1-23(2,3)17-12-13-20(27-4)19(15-17)24-21(25)16-29-22(26)11-8-14-28-18-9-6-5-7-10-18/h5-7,9-10,12-13,15H,8,11,14,16H2,1-4H3,(H,24,25). The van der Waals surface area contributed by atoms with Crippen molar-refractivity contribution in [1.82, 2.24) is 0 Å². The predicted octanol–water partition coefficient (Wildman–Crippen LogP) is 4.33. The molecule has 6 nitrogen and oxygen atoms in total. The van der Waals surface area contributed by atoms with Crippen LogP contribution in [0.3, 0.4) is 0 Å². The molecule has 0 saturated heterocycles. The van der Waals surface area contributed by atoms with Gasteiger partial charge in [-0.3, -0.25) is 9.59 Å². The Labute approximate surface area is 172 Å². The van der Waals surface area contributed by atoms with E-state index in [2.05, 4.69) is 26.1 Å². The molecular formula is C23H29NO5. The topological polar surface area (TPSA) is 73.9 Å². The third-order valence-corrected chi connectivity index (χ3v) is 4.24. The maximum Gasteiger partial charge on any atom is 0.306 e. The average Bonchev–Trinajstić information content (AvgIpc) is 2.69. The Morgan fingerprint density at radius 3 is 2.41 bits per heavy atom. The van der Waals surface area contributed by atoms with E-state index in [0.29, 0.717) is 24.5 Å². The van der Waals surface area contributed by atoms with Crippen LogP contribution in [0.4, 0.5) is 5.69 Å². The van der Waals surface area contributed by atoms with Crippen molar-refractivity contribution in [3.05, 3.63) is 54.1 Å². The summed E-state index contributed by atoms with van der Waals surface area (Å²) in [5.74, 6) is 0.456. The van der Waals surface area contributed by atoms with Crippen LogP contribution in [0.15, 0.2) is 48.5 Å². The maximum absolute atomic E-state index is 12.2. The van der Waals surface area contributed by atoms with E-state index in [1.165, 1.54) is 0 Å². The molecule has 0 aliphatic rings. The third-order valence-electron chi connectivity index (χ3n) is 4.24. The van der Waals surface area contributed by atoms with Gasteiger partial charge in [-0.1, -0.05) is 45.0 Å². The van der Waals surface area contributed by atoms with Crippen LogP contribution in [0.25, 0.3) is 0 Å². The van der Waals surface area contributed by atoms with Crippen molar-refractivity contribution in [2.24, 2.45) is 0 Å². The molecule has 2 rings (SSSR count). The molecular weight excluding hydrogens is 370 g/mol. The number of rotatable bonds is 9. The Morgan fingerprint density at radius 2 is 1.76 bits per heavy atom. The van der Waals surface area contributed by atoms with Gasteiger partial charge in [-0.05, 0) is 41.7 Å². The molecule has 1 amide bonds. The summed E-state index contributed by atoms with van der Waals surface area (Å²) in [6, 6.07) is 15.0. The number of benzene rings is 2. The quantitative estimate of drug-likeness (QED) is 0.502. The lowest BCUT2D eigenvalue weighted by molar-refractivity contribution is -0.147. The van der Waals surface area contributed by atoms with Crippen molar-refractivity contribution in [3.63, 3.8) is 0 Å². The number of carbonyl (C=O) groups excluding carboxylic acids is 2. The molecule has 0 fully saturated rings. The van der Waals surface area contributed by atoms with E-state index >= 15 is 0 Å². The minimum atomic E-state index is -0.438. The number of anilines is 1. The molecule has 0 spiro atoms. The molecule has 0 aliphatic carbocycles. The van der Waals surface area contributed by atoms with Gasteiger partial charge in [0.25, 0.3) is 5.91 Å². The number of hydrogen-bond acceptors (Lipinski definition) is 5. The minimum Gasteiger partial charge on any atom is -0.495 e. The number of esters is 1. The first-order chi connectivity index (χ1) is 13.8. The largest absolute Gasteiger partial charge is 0.495 e. The number of methoxy groups -OCH3 is 1. The van der Waals surface area contributed by atoms with Gasteiger partial charge in [-0.2, -0.15) is 0 Å². The fourth-order valence-electron chi connectivity index (χ4n) is 2.60. The van der Waals surface area contributed by atoms with E-state index < -0.39 is 11.9 Å². The first kappa shape index (κ1) is 22.3. The zero-order chi connectivity index (χ0) is 21.3. The van der Waals surface area contributed by atoms with Crippen molar-refractivity contribution < 1.29 is 23.8 Å². The number of hydrogen-bond donors (Lipinski definition) is 1. The summed E-state index contributed by atoms with van der Waals surface area (Å²) < 4.78 is 15.9. The highest BCUT2D eigenvalue weighted by Crippen LogP contribution is 2.31. The second-order valence-electron chi connectivity index (χ2n) is 7.64. The molecule has 0 saturated carbocycles. The molecule has 6 heteroatoms. The second kappa shape index (κ2) is 10.5. The predicted molar refractivity (Wildman–Crippen MR) is 112 cm³/mol. The first-order valence-corrected chi connectivity index (χ1v) is 9.61. The van der Waals surface area contributed by atoms with Gasteiger partial charge < -0.3 is 19.5 Å². The van der Waals surface area contributed by atoms with Crippen LogP contribution >= 0.6 is 0 Å². The molecule has 29 heavy (non-hydrogen) atoms. The van der Waals surface area contributed by atoms with E-state index in [1.54, 1.807) is 7.11 Å². The Hall–Kier alpha value is -3.02. The first-order valence-electron chi connectivity index (χ1n) is 9.61. The molecule has 0 atom stereocenters. The van der Waals surface area contributed by atoms with E-state index in [1.807, 2.05) is 48.5 Å². The normalized spacial score (nSPS) is 10.9. The maximum atomic E-state index is 12.2. The highest BCUT2D eigenvalue weighted by molar-refractivity contribution is 5.94. The van der Waals surface area contributed by atoms with E-state index in [9.17, 15) is 9.59 Å². The summed E-state index contributed by atoms with van der Waals surface area (Å²) in [7, 11) is 1.54. The van der Waals surface area contributed by atoms with Crippen LogP contribution in [-0.2, 0) is 19.7 Å². The molecule has 0 aromatic heterocycles. The fraction of sp³-hybridized carbons (Fsp3) is 0.391. The number of ether oxygens (including phenoxy) is 3. The second-order valence-corrected chi connectivity index (χ2v) is 7.64. The lowest BCUT2D eigenvalue weighted by Crippen LogP contribution is -2.22. The van der Waals surface area contributed by atoms with Crippen LogP contribution in [0.5, 0.6) is 11.5 Å². The monoisotopic (exact) mass is 399 g/mol. The Bertz CT molecular complexity index is 812. The number of para-hydroxylation sites is 1. The van der Waals surface area contributed by atoms with Gasteiger partial charge in [-0.15, -0.1) is 0 Å². The van der Waals surface area contributed by atoms with Gasteiger partial charge in [-0.25, -0.2) is 0 Å². The number of carbonyl (C=O) groups is 2. The lowest BCUT2D eigenvalue weighted by Gasteiger charge is -2.21. The number of nitrogens with one attached hydrogen (secondary N) is 1. The third kappa shape index (κ3) is 7.49. The lowest BCUT2D eigenvalue weighted by atomic mass is 9.87. The molecule has 156 valence electrons. The zero-order valence-electron chi connectivity index (χ0n) is 17.5. The highest BCUT2D eigenvalue weighted by atomic mass is 16.5. The van der Waals surface area contributed by atoms with Crippen LogP contribution in [0.1, 0.15) is 39.2 Å². The smallest absolute Gasteiger partial charge is 0.306 e. The van der Waals surface area contributed by atoms with Crippen molar-refractivity contribution >= 4 is 17.6 Å². The van der Waals surface area contributed by atoms with Gasteiger partial charge in [0.05, 0.1) is 19.4 Å². The molecule has 0 aliphatic heterocycles. The average molecular weight is 399 g/mol. The van der Waals surface area contributed by atoms with Crippen LogP contribution < -0.4 is 14.8 Å². The van der Waals surface area contributed by atoms with Crippen LogP contribution in [0, 0.1) is 0 Å². The molecule has 0 heterocycles. The summed E-state index contributed by atoms with van der Waals surface area (Å²) in [6.45, 7) is 6.32. The van der Waals surface area contributed by atoms with Crippen molar-refractivity contribution in [1.29, 1.82) is 0 Å². The highest BCUT2D eigenvalue weighted by Gasteiger charge is 2.17. The van der Waals surface area contributed by atoms with E-state index in [-0.39, 0.29) is 18.4 Å². The van der Waals surface area contributed by atoms with Crippen LogP contribution in [0.2, 0.25) is 0 Å². The molecule has 2 aromatic carbocycles. The van der Waals surface area contributed by atoms with Gasteiger partial charge >= 0.3 is 5.97 Å². The minimum absolute atomic E-state index is 0.0694. The molecule has 0 bridgehead atoms. The molecule has 0 radical (unpaired) electrons. The Morgan fingerprint density at radius 1 is 1.03 bits per heavy atom. The van der Waals surface area contributed by atoms with Crippen LogP contribution in [-0.4, -0.2) is 32.2 Å². The van der Waals surface area contributed by atoms with Gasteiger partial charge in [0, 0.05) is 6.42 Å². The van der Waals surface area contributed by atoms with Crippen molar-refractivity contribution in [2.45, 2.75) is 39.0 Å². The molecule has 2 aromatic rings. The van der Waals surface area contributed by atoms with Crippen molar-refractivity contribution in [2.75, 3.05) is 25.6 Å². The fourth-order valence-corrected chi connectivity index (χ4v) is 2.60. The SMILES string of the molecule is COc1ccc(C(C)(C)C)cc1NC(=O)COC(=O)CCCOc1ccccc1. The van der Waals surface area contributed by atoms with Gasteiger partial charge in [0.2, 0.25) is 0 Å². The van der Waals surface area contributed by atoms with Gasteiger partial charge in [0.1, 0.15) is 11.5 Å². The Kier molecular flexibility index (Phi) is 8.07. The van der Waals surface area contributed by atoms with Crippen molar-refractivity contribution in [3.8, 4) is 11.5 Å². The van der Waals surface area contributed by atoms with E-state index in [4.69, 9.17) is 14.2 Å².